The van der Waals surface area contributed by atoms with E-state index < -0.39 is 0 Å². The Kier molecular flexibility index (Phi) is 5.53. The van der Waals surface area contributed by atoms with Crippen LogP contribution < -0.4 is 15.4 Å². The van der Waals surface area contributed by atoms with Gasteiger partial charge in [-0.15, -0.1) is 11.3 Å². The topological polar surface area (TPSA) is 80.3 Å². The normalized spacial score (nSPS) is 13.1. The van der Waals surface area contributed by atoms with Gasteiger partial charge in [0.1, 0.15) is 10.8 Å². The van der Waals surface area contributed by atoms with Gasteiger partial charge in [-0.2, -0.15) is 0 Å². The van der Waals surface area contributed by atoms with Gasteiger partial charge in [0.15, 0.2) is 0 Å². The van der Waals surface area contributed by atoms with E-state index in [0.29, 0.717) is 32.4 Å². The highest BCUT2D eigenvalue weighted by molar-refractivity contribution is 7.18. The lowest BCUT2D eigenvalue weighted by atomic mass is 10.0. The first-order valence-electron chi connectivity index (χ1n) is 9.34. The van der Waals surface area contributed by atoms with E-state index >= 15 is 0 Å². The molecule has 0 fully saturated rings. The second-order valence-electron chi connectivity index (χ2n) is 6.67. The van der Waals surface area contributed by atoms with Crippen LogP contribution in [0.4, 0.5) is 5.69 Å². The van der Waals surface area contributed by atoms with Gasteiger partial charge >= 0.3 is 0 Å². The Labute approximate surface area is 166 Å². The number of hydrogen-bond donors (Lipinski definition) is 2. The van der Waals surface area contributed by atoms with Crippen molar-refractivity contribution in [1.82, 2.24) is 10.3 Å². The lowest BCUT2D eigenvalue weighted by Gasteiger charge is -2.17. The molecule has 1 aliphatic heterocycles. The zero-order valence-electron chi connectivity index (χ0n) is 15.4. The summed E-state index contributed by atoms with van der Waals surface area (Å²) in [6.07, 6.45) is 2.28. The first kappa shape index (κ1) is 18.4. The van der Waals surface area contributed by atoms with Crippen LogP contribution in [0, 0.1) is 0 Å². The lowest BCUT2D eigenvalue weighted by Crippen LogP contribution is -2.22. The molecular formula is C21H21N3O3S. The zero-order chi connectivity index (χ0) is 19.3. The molecule has 2 heterocycles. The van der Waals surface area contributed by atoms with Crippen molar-refractivity contribution < 1.29 is 14.3 Å². The highest BCUT2D eigenvalue weighted by Crippen LogP contribution is 2.27. The number of rotatable bonds is 7. The van der Waals surface area contributed by atoms with E-state index in [9.17, 15) is 9.59 Å². The Morgan fingerprint density at radius 1 is 1.21 bits per heavy atom. The Morgan fingerprint density at radius 3 is 3.00 bits per heavy atom. The maximum atomic E-state index is 12.0. The zero-order valence-corrected chi connectivity index (χ0v) is 16.2. The average Bonchev–Trinajstić information content (AvgIpc) is 3.13. The van der Waals surface area contributed by atoms with E-state index in [1.54, 1.807) is 11.3 Å². The highest BCUT2D eigenvalue weighted by atomic mass is 32.1. The van der Waals surface area contributed by atoms with Gasteiger partial charge in [-0.25, -0.2) is 4.98 Å². The minimum Gasteiger partial charge on any atom is -0.494 e. The van der Waals surface area contributed by atoms with Gasteiger partial charge in [0.25, 0.3) is 0 Å². The number of para-hydroxylation sites is 1. The van der Waals surface area contributed by atoms with Crippen LogP contribution in [0.25, 0.3) is 10.2 Å². The summed E-state index contributed by atoms with van der Waals surface area (Å²) >= 11 is 1.60. The van der Waals surface area contributed by atoms with Gasteiger partial charge in [0.05, 0.1) is 23.4 Å². The number of benzene rings is 2. The molecule has 0 unspecified atom stereocenters. The van der Waals surface area contributed by atoms with Crippen molar-refractivity contribution in [3.63, 3.8) is 0 Å². The fourth-order valence-corrected chi connectivity index (χ4v) is 4.04. The number of thiazole rings is 1. The predicted molar refractivity (Wildman–Crippen MR) is 110 cm³/mol. The number of anilines is 1. The van der Waals surface area contributed by atoms with Gasteiger partial charge in [-0.1, -0.05) is 12.1 Å². The number of nitrogens with zero attached hydrogens (tertiary/aromatic N) is 1. The van der Waals surface area contributed by atoms with Gasteiger partial charge in [-0.3, -0.25) is 9.59 Å². The molecule has 1 aliphatic rings. The Morgan fingerprint density at radius 2 is 2.11 bits per heavy atom. The summed E-state index contributed by atoms with van der Waals surface area (Å²) < 4.78 is 6.88. The van der Waals surface area contributed by atoms with Crippen LogP contribution in [-0.2, 0) is 22.6 Å². The number of aryl methyl sites for hydroxylation is 1. The van der Waals surface area contributed by atoms with Crippen molar-refractivity contribution in [2.24, 2.45) is 0 Å². The predicted octanol–water partition coefficient (Wildman–Crippen LogP) is 3.66. The first-order valence-corrected chi connectivity index (χ1v) is 10.2. The number of ether oxygens (including phenoxy) is 1. The Balaban J connectivity index is 1.19. The van der Waals surface area contributed by atoms with Crippen LogP contribution in [0.2, 0.25) is 0 Å². The van der Waals surface area contributed by atoms with Gasteiger partial charge in [0, 0.05) is 18.5 Å². The van der Waals surface area contributed by atoms with Crippen LogP contribution in [0.5, 0.6) is 5.75 Å². The molecule has 0 bridgehead atoms. The van der Waals surface area contributed by atoms with Crippen LogP contribution in [0.3, 0.4) is 0 Å². The Bertz CT molecular complexity index is 982. The molecule has 7 heteroatoms. The number of nitrogens with one attached hydrogen (secondary N) is 2. The average molecular weight is 395 g/mol. The molecule has 0 saturated carbocycles. The second kappa shape index (κ2) is 8.39. The van der Waals surface area contributed by atoms with Crippen LogP contribution >= 0.6 is 11.3 Å². The lowest BCUT2D eigenvalue weighted by molar-refractivity contribution is -0.121. The summed E-state index contributed by atoms with van der Waals surface area (Å²) in [5, 5.41) is 6.68. The summed E-state index contributed by atoms with van der Waals surface area (Å²) in [6, 6.07) is 13.6. The molecule has 2 aromatic carbocycles. The summed E-state index contributed by atoms with van der Waals surface area (Å²) in [5.41, 5.74) is 2.92. The number of carbonyl (C=O) groups is 2. The molecular weight excluding hydrogens is 374 g/mol. The van der Waals surface area contributed by atoms with Gasteiger partial charge < -0.3 is 15.4 Å². The maximum absolute atomic E-state index is 12.0. The van der Waals surface area contributed by atoms with E-state index in [0.717, 1.165) is 38.6 Å². The molecule has 4 rings (SSSR count). The molecule has 3 aromatic rings. The summed E-state index contributed by atoms with van der Waals surface area (Å²) in [5.74, 6) is 0.818. The molecule has 6 nitrogen and oxygen atoms in total. The van der Waals surface area contributed by atoms with Gasteiger partial charge in [-0.05, 0) is 48.7 Å². The molecule has 144 valence electrons. The minimum absolute atomic E-state index is 0.00369. The fourth-order valence-electron chi connectivity index (χ4n) is 3.13. The van der Waals surface area contributed by atoms with Crippen LogP contribution in [0.1, 0.15) is 29.8 Å². The third kappa shape index (κ3) is 4.48. The van der Waals surface area contributed by atoms with Crippen molar-refractivity contribution in [2.45, 2.75) is 32.2 Å². The Hall–Kier alpha value is -2.93. The SMILES string of the molecule is O=C(CCCOc1ccc2c(c1)CCC(=O)N2)NCc1nc2ccccc2s1. The number of hydrogen-bond acceptors (Lipinski definition) is 5. The quantitative estimate of drug-likeness (QED) is 0.599. The second-order valence-corrected chi connectivity index (χ2v) is 7.79. The molecule has 0 atom stereocenters. The molecule has 0 aliphatic carbocycles. The third-order valence-electron chi connectivity index (χ3n) is 4.56. The number of aromatic nitrogens is 1. The molecule has 0 saturated heterocycles. The maximum Gasteiger partial charge on any atom is 0.224 e. The summed E-state index contributed by atoms with van der Waals surface area (Å²) in [7, 11) is 0. The monoisotopic (exact) mass is 395 g/mol. The smallest absolute Gasteiger partial charge is 0.224 e. The largest absolute Gasteiger partial charge is 0.494 e. The van der Waals surface area contributed by atoms with Crippen molar-refractivity contribution in [2.75, 3.05) is 11.9 Å². The van der Waals surface area contributed by atoms with E-state index in [1.165, 1.54) is 0 Å². The van der Waals surface area contributed by atoms with Crippen molar-refractivity contribution >= 4 is 39.1 Å². The molecule has 28 heavy (non-hydrogen) atoms. The molecule has 0 spiro atoms. The first-order chi connectivity index (χ1) is 13.7. The summed E-state index contributed by atoms with van der Waals surface area (Å²) in [6.45, 7) is 0.926. The molecule has 2 N–H and O–H groups in total. The molecule has 0 radical (unpaired) electrons. The minimum atomic E-state index is -0.00369. The van der Waals surface area contributed by atoms with Crippen molar-refractivity contribution in [3.05, 3.63) is 53.0 Å². The molecule has 2 amide bonds. The number of fused-ring (bicyclic) bond motifs is 2. The standard InChI is InChI=1S/C21H21N3O3S/c25-19(22-13-21-24-17-4-1-2-5-18(17)28-21)6-3-11-27-15-8-9-16-14(12-15)7-10-20(26)23-16/h1-2,4-5,8-9,12H,3,6-7,10-11,13H2,(H,22,25)(H,23,26). The van der Waals surface area contributed by atoms with E-state index in [-0.39, 0.29) is 11.8 Å². The van der Waals surface area contributed by atoms with E-state index in [2.05, 4.69) is 15.6 Å². The van der Waals surface area contributed by atoms with Gasteiger partial charge in [0.2, 0.25) is 11.8 Å². The van der Waals surface area contributed by atoms with Crippen LogP contribution in [-0.4, -0.2) is 23.4 Å². The molecule has 1 aromatic heterocycles. The van der Waals surface area contributed by atoms with Crippen molar-refractivity contribution in [1.29, 1.82) is 0 Å². The van der Waals surface area contributed by atoms with E-state index in [4.69, 9.17) is 4.74 Å². The highest BCUT2D eigenvalue weighted by Gasteiger charge is 2.15. The third-order valence-corrected chi connectivity index (χ3v) is 5.60. The fraction of sp³-hybridized carbons (Fsp3) is 0.286. The van der Waals surface area contributed by atoms with E-state index in [1.807, 2.05) is 42.5 Å². The number of amides is 2. The van der Waals surface area contributed by atoms with Crippen molar-refractivity contribution in [3.8, 4) is 5.75 Å². The van der Waals surface area contributed by atoms with Crippen LogP contribution in [0.15, 0.2) is 42.5 Å². The summed E-state index contributed by atoms with van der Waals surface area (Å²) in [4.78, 5) is 27.9. The number of carbonyl (C=O) groups excluding carboxylic acids is 2.